The molecule has 0 aromatic heterocycles. The topological polar surface area (TPSA) is 41.6 Å². The lowest BCUT2D eigenvalue weighted by Gasteiger charge is -2.41. The minimum absolute atomic E-state index is 0.0626. The first-order valence-corrected chi connectivity index (χ1v) is 13.1. The van der Waals surface area contributed by atoms with E-state index in [-0.39, 0.29) is 18.3 Å². The molecular formula is C20H25F3N2O2Si. The maximum absolute atomic E-state index is 14.1. The summed E-state index contributed by atoms with van der Waals surface area (Å²) in [7, 11) is -1.35. The van der Waals surface area contributed by atoms with Gasteiger partial charge in [0.25, 0.3) is 11.4 Å². The van der Waals surface area contributed by atoms with Crippen LogP contribution in [0.4, 0.5) is 24.5 Å². The van der Waals surface area contributed by atoms with Crippen molar-refractivity contribution in [2.45, 2.75) is 50.2 Å². The van der Waals surface area contributed by atoms with Crippen LogP contribution in [0.1, 0.15) is 12.8 Å². The van der Waals surface area contributed by atoms with Gasteiger partial charge in [0.05, 0.1) is 11.4 Å². The van der Waals surface area contributed by atoms with E-state index >= 15 is 0 Å². The molecule has 0 saturated heterocycles. The molecule has 0 spiro atoms. The van der Waals surface area contributed by atoms with Crippen molar-refractivity contribution >= 4 is 25.4 Å². The van der Waals surface area contributed by atoms with Gasteiger partial charge in [-0.2, -0.15) is 13.2 Å². The third-order valence-electron chi connectivity index (χ3n) is 4.77. The molecule has 1 amide bonds. The van der Waals surface area contributed by atoms with E-state index in [9.17, 15) is 18.0 Å². The van der Waals surface area contributed by atoms with Crippen molar-refractivity contribution in [3.05, 3.63) is 24.3 Å². The molecule has 1 aromatic rings. The van der Waals surface area contributed by atoms with E-state index < -0.39 is 25.7 Å². The van der Waals surface area contributed by atoms with Gasteiger partial charge in [-0.3, -0.25) is 9.69 Å². The maximum Gasteiger partial charge on any atom is 0.432 e. The number of benzene rings is 1. The van der Waals surface area contributed by atoms with Crippen LogP contribution < -0.4 is 10.2 Å². The second-order valence-electron chi connectivity index (χ2n) is 8.51. The fourth-order valence-electron chi connectivity index (χ4n) is 2.83. The smallest absolute Gasteiger partial charge is 0.361 e. The van der Waals surface area contributed by atoms with Crippen molar-refractivity contribution in [3.63, 3.8) is 0 Å². The average Bonchev–Trinajstić information content (AvgIpc) is 3.41. The van der Waals surface area contributed by atoms with E-state index in [0.717, 1.165) is 23.8 Å². The Balaban J connectivity index is 1.92. The number of rotatable bonds is 5. The fraction of sp³-hybridized carbons (Fsp3) is 0.550. The van der Waals surface area contributed by atoms with Crippen LogP contribution in [0.15, 0.2) is 24.3 Å². The zero-order valence-electron chi connectivity index (χ0n) is 16.3. The van der Waals surface area contributed by atoms with Crippen LogP contribution in [0, 0.1) is 17.8 Å². The normalized spacial score (nSPS) is 22.2. The summed E-state index contributed by atoms with van der Waals surface area (Å²) in [6, 6.07) is 7.30. The Morgan fingerprint density at radius 2 is 1.96 bits per heavy atom. The number of nitrogens with one attached hydrogen (secondary N) is 1. The van der Waals surface area contributed by atoms with Crippen LogP contribution in [0.25, 0.3) is 0 Å². The first-order chi connectivity index (χ1) is 13.0. The molecule has 0 radical (unpaired) electrons. The van der Waals surface area contributed by atoms with Crippen LogP contribution in [0.3, 0.4) is 0 Å². The molecule has 1 N–H and O–H groups in total. The van der Waals surface area contributed by atoms with Crippen LogP contribution in [0.2, 0.25) is 25.7 Å². The predicted octanol–water partition coefficient (Wildman–Crippen LogP) is 4.47. The number of para-hydroxylation sites is 2. The van der Waals surface area contributed by atoms with E-state index in [1.807, 2.05) is 0 Å². The summed E-state index contributed by atoms with van der Waals surface area (Å²) in [5.74, 6) is 3.67. The summed E-state index contributed by atoms with van der Waals surface area (Å²) in [5.41, 5.74) is -2.36. The molecule has 1 aliphatic heterocycles. The van der Waals surface area contributed by atoms with E-state index in [1.54, 1.807) is 18.2 Å². The molecule has 1 aromatic carbocycles. The Hall–Kier alpha value is -1.98. The standard InChI is InChI=1S/C20H25F3N2O2Si/c1-28(2,3)13-12-27-14-25-17-7-5-4-6-16(17)24-19(18(25)26,20(21,22)23)11-10-15-8-9-15/h4-7,15,24H,8-9,12-14H2,1-3H3. The van der Waals surface area contributed by atoms with E-state index in [2.05, 4.69) is 36.8 Å². The number of amides is 1. The lowest BCUT2D eigenvalue weighted by Crippen LogP contribution is -2.65. The second kappa shape index (κ2) is 7.45. The van der Waals surface area contributed by atoms with Gasteiger partial charge in [-0.05, 0) is 31.0 Å². The molecule has 8 heteroatoms. The molecule has 1 saturated carbocycles. The molecule has 1 aliphatic carbocycles. The maximum atomic E-state index is 14.1. The Morgan fingerprint density at radius 3 is 2.57 bits per heavy atom. The van der Waals surface area contributed by atoms with Gasteiger partial charge in [-0.15, -0.1) is 0 Å². The molecule has 1 fully saturated rings. The molecule has 1 unspecified atom stereocenters. The first-order valence-electron chi connectivity index (χ1n) is 9.40. The Labute approximate surface area is 164 Å². The third-order valence-corrected chi connectivity index (χ3v) is 6.47. The zero-order chi connectivity index (χ0) is 20.6. The second-order valence-corrected chi connectivity index (χ2v) is 14.1. The number of halogens is 3. The number of alkyl halides is 3. The number of hydrogen-bond acceptors (Lipinski definition) is 3. The molecule has 0 bridgehead atoms. The molecule has 28 heavy (non-hydrogen) atoms. The van der Waals surface area contributed by atoms with Crippen molar-refractivity contribution in [2.75, 3.05) is 23.6 Å². The van der Waals surface area contributed by atoms with Crippen molar-refractivity contribution in [2.24, 2.45) is 5.92 Å². The van der Waals surface area contributed by atoms with Gasteiger partial charge in [-0.1, -0.05) is 43.6 Å². The van der Waals surface area contributed by atoms with Gasteiger partial charge in [0.1, 0.15) is 6.73 Å². The highest BCUT2D eigenvalue weighted by Crippen LogP contribution is 2.43. The van der Waals surface area contributed by atoms with Crippen LogP contribution >= 0.6 is 0 Å². The van der Waals surface area contributed by atoms with Crippen molar-refractivity contribution in [1.82, 2.24) is 0 Å². The first kappa shape index (κ1) is 20.7. The number of anilines is 2. The zero-order valence-corrected chi connectivity index (χ0v) is 17.3. The minimum atomic E-state index is -4.87. The van der Waals surface area contributed by atoms with Crippen LogP contribution in [0.5, 0.6) is 0 Å². The SMILES string of the molecule is C[Si](C)(C)CCOCN1C(=O)C(C#CC2CC2)(C(F)(F)F)Nc2ccccc21. The molecule has 1 heterocycles. The Bertz CT molecular complexity index is 806. The number of carbonyl (C=O) groups excluding carboxylic acids is 1. The molecule has 3 rings (SSSR count). The summed E-state index contributed by atoms with van der Waals surface area (Å²) in [6.07, 6.45) is -3.32. The molecular weight excluding hydrogens is 385 g/mol. The molecule has 152 valence electrons. The van der Waals surface area contributed by atoms with Crippen LogP contribution in [-0.4, -0.2) is 39.0 Å². The largest absolute Gasteiger partial charge is 0.432 e. The van der Waals surface area contributed by atoms with Crippen molar-refractivity contribution in [3.8, 4) is 11.8 Å². The van der Waals surface area contributed by atoms with E-state index in [4.69, 9.17) is 4.74 Å². The highest BCUT2D eigenvalue weighted by atomic mass is 28.3. The monoisotopic (exact) mass is 410 g/mol. The quantitative estimate of drug-likeness (QED) is 0.442. The Morgan fingerprint density at radius 1 is 1.29 bits per heavy atom. The summed E-state index contributed by atoms with van der Waals surface area (Å²) in [4.78, 5) is 14.1. The van der Waals surface area contributed by atoms with Crippen LogP contribution in [-0.2, 0) is 9.53 Å². The number of fused-ring (bicyclic) bond motifs is 1. The predicted molar refractivity (Wildman–Crippen MR) is 106 cm³/mol. The minimum Gasteiger partial charge on any atom is -0.361 e. The van der Waals surface area contributed by atoms with Gasteiger partial charge in [0.2, 0.25) is 0 Å². The number of hydrogen-bond donors (Lipinski definition) is 1. The highest BCUT2D eigenvalue weighted by molar-refractivity contribution is 6.76. The van der Waals surface area contributed by atoms with E-state index in [0.29, 0.717) is 12.3 Å². The van der Waals surface area contributed by atoms with Gasteiger partial charge in [-0.25, -0.2) is 0 Å². The lowest BCUT2D eigenvalue weighted by atomic mass is 9.93. The van der Waals surface area contributed by atoms with E-state index in [1.165, 1.54) is 6.07 Å². The van der Waals surface area contributed by atoms with Gasteiger partial charge < -0.3 is 10.1 Å². The summed E-state index contributed by atoms with van der Waals surface area (Å²) in [6.45, 7) is 6.73. The number of ether oxygens (including phenoxy) is 1. The summed E-state index contributed by atoms with van der Waals surface area (Å²) >= 11 is 0. The Kier molecular flexibility index (Phi) is 5.52. The summed E-state index contributed by atoms with van der Waals surface area (Å²) < 4.78 is 47.9. The third kappa shape index (κ3) is 4.36. The van der Waals surface area contributed by atoms with Gasteiger partial charge in [0, 0.05) is 20.6 Å². The summed E-state index contributed by atoms with van der Waals surface area (Å²) in [5, 5.41) is 2.39. The van der Waals surface area contributed by atoms with Crippen molar-refractivity contribution in [1.29, 1.82) is 0 Å². The molecule has 2 aliphatic rings. The average molecular weight is 411 g/mol. The lowest BCUT2D eigenvalue weighted by molar-refractivity contribution is -0.173. The van der Waals surface area contributed by atoms with Gasteiger partial charge >= 0.3 is 6.18 Å². The highest BCUT2D eigenvalue weighted by Gasteiger charge is 2.63. The fourth-order valence-corrected chi connectivity index (χ4v) is 3.59. The number of nitrogens with zero attached hydrogens (tertiary/aromatic N) is 1. The molecule has 1 atom stereocenters. The van der Waals surface area contributed by atoms with Crippen molar-refractivity contribution < 1.29 is 22.7 Å². The molecule has 4 nitrogen and oxygen atoms in total. The number of carbonyl (C=O) groups is 1. The van der Waals surface area contributed by atoms with Gasteiger partial charge in [0.15, 0.2) is 0 Å².